The summed E-state index contributed by atoms with van der Waals surface area (Å²) in [4.78, 5) is 18.3. The van der Waals surface area contributed by atoms with Gasteiger partial charge in [0.2, 0.25) is 0 Å². The Kier molecular flexibility index (Phi) is 3.95. The fraction of sp³-hybridized carbons (Fsp3) is 0.833. The minimum atomic E-state index is -2.12. The zero-order valence-corrected chi connectivity index (χ0v) is 7.63. The zero-order valence-electron chi connectivity index (χ0n) is 6.87. The Bertz CT molecular complexity index is 196. The lowest BCUT2D eigenvalue weighted by Gasteiger charge is -2.13. The van der Waals surface area contributed by atoms with Gasteiger partial charge >= 0.3 is 11.0 Å². The molecule has 0 unspecified atom stereocenters. The van der Waals surface area contributed by atoms with Crippen LogP contribution in [0.3, 0.4) is 0 Å². The van der Waals surface area contributed by atoms with Gasteiger partial charge in [-0.25, -0.2) is 4.79 Å². The van der Waals surface area contributed by atoms with E-state index in [2.05, 4.69) is 4.74 Å². The highest BCUT2D eigenvalue weighted by Crippen LogP contribution is 2.21. The van der Waals surface area contributed by atoms with E-state index >= 15 is 0 Å². The van der Waals surface area contributed by atoms with Crippen LogP contribution in [-0.4, -0.2) is 22.5 Å². The average molecular weight is 196 g/mol. The van der Waals surface area contributed by atoms with Crippen LogP contribution in [0.2, 0.25) is 0 Å². The molecule has 0 spiro atoms. The molecule has 6 heteroatoms. The van der Waals surface area contributed by atoms with Crippen molar-refractivity contribution in [1.82, 2.24) is 0 Å². The van der Waals surface area contributed by atoms with Gasteiger partial charge in [-0.1, -0.05) is 6.92 Å². The number of carbonyl (C=O) groups is 1. The van der Waals surface area contributed by atoms with Gasteiger partial charge in [-0.15, -0.1) is 0 Å². The molecule has 0 aliphatic heterocycles. The molecule has 0 aliphatic rings. The van der Waals surface area contributed by atoms with Crippen LogP contribution < -0.4 is 0 Å². The first-order chi connectivity index (χ1) is 5.49. The normalized spacial score (nSPS) is 14.9. The summed E-state index contributed by atoms with van der Waals surface area (Å²) in [5.74, 6) is -1.00. The molecular weight excluding hydrogens is 186 g/mol. The molecule has 0 aromatic heterocycles. The molecule has 0 heterocycles. The fourth-order valence-electron chi connectivity index (χ4n) is 0.590. The van der Waals surface area contributed by atoms with Crippen molar-refractivity contribution in [2.75, 3.05) is 6.61 Å². The van der Waals surface area contributed by atoms with E-state index in [0.29, 0.717) is 0 Å². The summed E-state index contributed by atoms with van der Waals surface area (Å²) in [6, 6.07) is 0. The molecule has 0 N–H and O–H groups in total. The summed E-state index contributed by atoms with van der Waals surface area (Å²) in [6.45, 7) is 3.10. The van der Waals surface area contributed by atoms with Crippen LogP contribution in [0.4, 0.5) is 0 Å². The highest BCUT2D eigenvalue weighted by atomic mass is 35.5. The number of hydrogen-bond acceptors (Lipinski definition) is 4. The maximum absolute atomic E-state index is 10.9. The lowest BCUT2D eigenvalue weighted by Crippen LogP contribution is -2.41. The van der Waals surface area contributed by atoms with Crippen LogP contribution >= 0.6 is 11.6 Å². The first kappa shape index (κ1) is 11.2. The molecule has 5 nitrogen and oxygen atoms in total. The number of esters is 1. The van der Waals surface area contributed by atoms with Crippen LogP contribution in [0.1, 0.15) is 20.3 Å². The Morgan fingerprint density at radius 2 is 2.17 bits per heavy atom. The van der Waals surface area contributed by atoms with Crippen molar-refractivity contribution in [1.29, 1.82) is 0 Å². The minimum Gasteiger partial charge on any atom is -0.460 e. The Morgan fingerprint density at radius 3 is 2.42 bits per heavy atom. The van der Waals surface area contributed by atoms with Gasteiger partial charge in [-0.2, -0.15) is 0 Å². The number of nitrogens with zero attached hydrogens (tertiary/aromatic N) is 1. The Labute approximate surface area is 74.8 Å². The number of hydrogen-bond donors (Lipinski definition) is 0. The summed E-state index contributed by atoms with van der Waals surface area (Å²) in [5, 5.41) is 10.3. The Balaban J connectivity index is 4.52. The van der Waals surface area contributed by atoms with E-state index < -0.39 is 15.9 Å². The summed E-state index contributed by atoms with van der Waals surface area (Å²) < 4.78 is 4.45. The van der Waals surface area contributed by atoms with Gasteiger partial charge in [-0.05, 0) is 18.5 Å². The summed E-state index contributed by atoms with van der Waals surface area (Å²) >= 11 is 5.41. The van der Waals surface area contributed by atoms with Crippen LogP contribution in [0.15, 0.2) is 0 Å². The molecule has 12 heavy (non-hydrogen) atoms. The van der Waals surface area contributed by atoms with Crippen LogP contribution in [0, 0.1) is 10.1 Å². The molecule has 0 saturated carbocycles. The van der Waals surface area contributed by atoms with Crippen LogP contribution in [0.5, 0.6) is 0 Å². The number of carbonyl (C=O) groups excluding carboxylic acids is 1. The number of alkyl halides is 1. The second kappa shape index (κ2) is 4.25. The molecule has 0 aromatic carbocycles. The molecular formula is C6H10ClNO4. The highest BCUT2D eigenvalue weighted by Gasteiger charge is 2.49. The molecule has 0 aromatic rings. The van der Waals surface area contributed by atoms with E-state index in [1.54, 1.807) is 6.92 Å². The molecule has 0 radical (unpaired) electrons. The van der Waals surface area contributed by atoms with Crippen LogP contribution in [0.25, 0.3) is 0 Å². The van der Waals surface area contributed by atoms with Crippen molar-refractivity contribution in [3.05, 3.63) is 10.1 Å². The van der Waals surface area contributed by atoms with Gasteiger partial charge in [0.25, 0.3) is 0 Å². The number of halogens is 1. The standard InChI is InChI=1S/C6H10ClNO4/c1-3-6(7,8(10)11)5(9)12-4-2/h3-4H2,1-2H3/t6-/m1/s1. The van der Waals surface area contributed by atoms with Crippen molar-refractivity contribution in [2.45, 2.75) is 25.3 Å². The molecule has 70 valence electrons. The van der Waals surface area contributed by atoms with Gasteiger partial charge in [0.05, 0.1) is 11.5 Å². The quantitative estimate of drug-likeness (QED) is 0.222. The van der Waals surface area contributed by atoms with Gasteiger partial charge in [0.1, 0.15) is 0 Å². The van der Waals surface area contributed by atoms with Crippen molar-refractivity contribution in [3.63, 3.8) is 0 Å². The largest absolute Gasteiger partial charge is 0.460 e. The van der Waals surface area contributed by atoms with Crippen molar-refractivity contribution in [3.8, 4) is 0 Å². The van der Waals surface area contributed by atoms with Gasteiger partial charge in [0.15, 0.2) is 0 Å². The Morgan fingerprint density at radius 1 is 1.67 bits per heavy atom. The second-order valence-electron chi connectivity index (χ2n) is 2.09. The van der Waals surface area contributed by atoms with E-state index in [1.807, 2.05) is 0 Å². The molecule has 0 amide bonds. The van der Waals surface area contributed by atoms with Gasteiger partial charge < -0.3 is 4.74 Å². The van der Waals surface area contributed by atoms with Crippen molar-refractivity contribution < 1.29 is 14.5 Å². The topological polar surface area (TPSA) is 69.4 Å². The summed E-state index contributed by atoms with van der Waals surface area (Å²) in [5.41, 5.74) is 0. The SMILES string of the molecule is CCOC(=O)[C@@](Cl)(CC)[N+](=O)[O-]. The van der Waals surface area contributed by atoms with Crippen LogP contribution in [-0.2, 0) is 9.53 Å². The van der Waals surface area contributed by atoms with Crippen molar-refractivity contribution in [2.24, 2.45) is 0 Å². The maximum Gasteiger partial charge on any atom is 0.401 e. The third-order valence-electron chi connectivity index (χ3n) is 1.35. The van der Waals surface area contributed by atoms with E-state index in [-0.39, 0.29) is 13.0 Å². The smallest absolute Gasteiger partial charge is 0.401 e. The molecule has 0 bridgehead atoms. The third-order valence-corrected chi connectivity index (χ3v) is 1.91. The summed E-state index contributed by atoms with van der Waals surface area (Å²) in [7, 11) is 0. The predicted octanol–water partition coefficient (Wildman–Crippen LogP) is 1.17. The van der Waals surface area contributed by atoms with E-state index in [0.717, 1.165) is 0 Å². The highest BCUT2D eigenvalue weighted by molar-refractivity contribution is 6.32. The molecule has 0 fully saturated rings. The molecule has 0 aliphatic carbocycles. The average Bonchev–Trinajstić information content (AvgIpc) is 2.03. The lowest BCUT2D eigenvalue weighted by molar-refractivity contribution is -0.529. The third kappa shape index (κ3) is 2.07. The first-order valence-corrected chi connectivity index (χ1v) is 3.87. The molecule has 0 rings (SSSR count). The number of ether oxygens (including phenoxy) is 1. The molecule has 1 atom stereocenters. The van der Waals surface area contributed by atoms with E-state index in [9.17, 15) is 14.9 Å². The first-order valence-electron chi connectivity index (χ1n) is 3.49. The van der Waals surface area contributed by atoms with Gasteiger partial charge in [0, 0.05) is 6.42 Å². The number of nitro groups is 1. The Hall–Kier alpha value is -0.840. The second-order valence-corrected chi connectivity index (χ2v) is 2.72. The maximum atomic E-state index is 10.9. The van der Waals surface area contributed by atoms with E-state index in [1.165, 1.54) is 6.92 Å². The van der Waals surface area contributed by atoms with E-state index in [4.69, 9.17) is 11.6 Å². The van der Waals surface area contributed by atoms with Crippen molar-refractivity contribution >= 4 is 17.6 Å². The molecule has 0 saturated heterocycles. The predicted molar refractivity (Wildman–Crippen MR) is 42.5 cm³/mol. The summed E-state index contributed by atoms with van der Waals surface area (Å²) in [6.07, 6.45) is -0.0968. The number of rotatable bonds is 4. The zero-order chi connectivity index (χ0) is 9.78. The van der Waals surface area contributed by atoms with Gasteiger partial charge in [-0.3, -0.25) is 10.1 Å². The fourth-order valence-corrected chi connectivity index (χ4v) is 0.644. The monoisotopic (exact) mass is 195 g/mol. The lowest BCUT2D eigenvalue weighted by atomic mass is 10.2. The minimum absolute atomic E-state index is 0.0845.